The number of carbonyl (C=O) groups is 3. The predicted molar refractivity (Wildman–Crippen MR) is 181 cm³/mol. The molecule has 2 fully saturated rings. The number of esters is 1. The van der Waals surface area contributed by atoms with Gasteiger partial charge in [0, 0.05) is 47.7 Å². The zero-order valence-corrected chi connectivity index (χ0v) is 27.8. The SMILES string of the molecule is COc1cc2c(Oc3ccc(NC(=O)C4(C(=O)Nc5ccc(F)cc5)CC4)cc3F)ccnc2cc1COC(CN1CCOCC1)OC(=O)CN. The molecule has 268 valence electrons. The van der Waals surface area contributed by atoms with Crippen LogP contribution in [-0.2, 0) is 35.2 Å². The van der Waals surface area contributed by atoms with Gasteiger partial charge in [0.05, 0.1) is 45.5 Å². The van der Waals surface area contributed by atoms with E-state index >= 15 is 4.39 Å². The van der Waals surface area contributed by atoms with E-state index in [1.54, 1.807) is 18.2 Å². The number of aromatic nitrogens is 1. The molecule has 4 N–H and O–H groups in total. The maximum absolute atomic E-state index is 15.3. The number of hydrogen-bond donors (Lipinski definition) is 3. The van der Waals surface area contributed by atoms with Gasteiger partial charge in [-0.15, -0.1) is 0 Å². The van der Waals surface area contributed by atoms with Crippen LogP contribution < -0.4 is 25.8 Å². The fourth-order valence-corrected chi connectivity index (χ4v) is 5.58. The number of nitrogens with zero attached hydrogens (tertiary/aromatic N) is 2. The molecule has 1 unspecified atom stereocenters. The molecular weight excluding hydrogens is 668 g/mol. The molecule has 0 bridgehead atoms. The Labute approximate surface area is 291 Å². The maximum atomic E-state index is 15.3. The number of methoxy groups -OCH3 is 1. The third-order valence-electron chi connectivity index (χ3n) is 8.60. The van der Waals surface area contributed by atoms with Gasteiger partial charge in [0.1, 0.15) is 22.7 Å². The fraction of sp³-hybridized carbons (Fsp3) is 0.333. The molecule has 6 rings (SSSR count). The number of amides is 2. The molecule has 2 amide bonds. The predicted octanol–water partition coefficient (Wildman–Crippen LogP) is 4.35. The molecule has 13 nitrogen and oxygen atoms in total. The van der Waals surface area contributed by atoms with Gasteiger partial charge in [-0.2, -0.15) is 0 Å². The van der Waals surface area contributed by atoms with Crippen LogP contribution in [-0.4, -0.2) is 80.5 Å². The van der Waals surface area contributed by atoms with Gasteiger partial charge in [-0.25, -0.2) is 8.78 Å². The van der Waals surface area contributed by atoms with Gasteiger partial charge in [-0.3, -0.25) is 24.3 Å². The normalized spacial score (nSPS) is 15.8. The molecule has 1 saturated carbocycles. The van der Waals surface area contributed by atoms with Crippen molar-refractivity contribution in [2.45, 2.75) is 25.7 Å². The van der Waals surface area contributed by atoms with Crippen molar-refractivity contribution in [2.75, 3.05) is 57.1 Å². The highest BCUT2D eigenvalue weighted by Gasteiger charge is 2.56. The summed E-state index contributed by atoms with van der Waals surface area (Å²) in [6.07, 6.45) is 1.26. The molecule has 51 heavy (non-hydrogen) atoms. The molecule has 1 atom stereocenters. The summed E-state index contributed by atoms with van der Waals surface area (Å²) in [6.45, 7) is 2.55. The highest BCUT2D eigenvalue weighted by molar-refractivity contribution is 6.16. The summed E-state index contributed by atoms with van der Waals surface area (Å²) in [4.78, 5) is 44.5. The standard InChI is InChI=1S/C36H37F2N5O8/c1-47-31-18-26-28(16-22(31)21-49-33(51-32(44)19-39)20-43-12-14-48-15-13-43)40-11-8-29(26)50-30-7-6-25(17-27(30)38)42-35(46)36(9-10-36)34(45)41-24-4-2-23(37)3-5-24/h2-8,11,16-18,33H,9-10,12-15,19-21,39H2,1H3,(H,41,45)(H,42,46). The zero-order chi connectivity index (χ0) is 36.0. The van der Waals surface area contributed by atoms with Crippen molar-refractivity contribution in [3.05, 3.63) is 84.1 Å². The van der Waals surface area contributed by atoms with Crippen LogP contribution in [0.3, 0.4) is 0 Å². The number of hydrogen-bond acceptors (Lipinski definition) is 11. The first-order chi connectivity index (χ1) is 24.7. The fourth-order valence-electron chi connectivity index (χ4n) is 5.58. The highest BCUT2D eigenvalue weighted by atomic mass is 19.1. The molecular formula is C36H37F2N5O8. The van der Waals surface area contributed by atoms with E-state index < -0.39 is 41.1 Å². The number of anilines is 2. The van der Waals surface area contributed by atoms with E-state index in [1.807, 2.05) is 0 Å². The van der Waals surface area contributed by atoms with Crippen LogP contribution in [0.4, 0.5) is 20.2 Å². The number of nitrogens with two attached hydrogens (primary N) is 1. The number of ether oxygens (including phenoxy) is 5. The van der Waals surface area contributed by atoms with Crippen molar-refractivity contribution in [3.8, 4) is 17.2 Å². The second kappa shape index (κ2) is 15.8. The summed E-state index contributed by atoms with van der Waals surface area (Å²) in [5.41, 5.74) is 5.78. The third kappa shape index (κ3) is 8.57. The van der Waals surface area contributed by atoms with Gasteiger partial charge < -0.3 is 40.1 Å². The first-order valence-corrected chi connectivity index (χ1v) is 16.3. The van der Waals surface area contributed by atoms with E-state index in [4.69, 9.17) is 29.4 Å². The Morgan fingerprint density at radius 2 is 1.65 bits per heavy atom. The lowest BCUT2D eigenvalue weighted by Gasteiger charge is -2.30. The summed E-state index contributed by atoms with van der Waals surface area (Å²) in [5.74, 6) is -2.29. The van der Waals surface area contributed by atoms with Gasteiger partial charge in [0.25, 0.3) is 0 Å². The number of nitrogens with one attached hydrogen (secondary N) is 2. The minimum Gasteiger partial charge on any atom is -0.496 e. The van der Waals surface area contributed by atoms with Crippen molar-refractivity contribution in [1.82, 2.24) is 9.88 Å². The second-order valence-electron chi connectivity index (χ2n) is 12.1. The molecule has 0 spiro atoms. The Morgan fingerprint density at radius 1 is 0.941 bits per heavy atom. The highest BCUT2D eigenvalue weighted by Crippen LogP contribution is 2.47. The first kappa shape index (κ1) is 35.6. The van der Waals surface area contributed by atoms with Gasteiger partial charge >= 0.3 is 5.97 Å². The lowest BCUT2D eigenvalue weighted by Crippen LogP contribution is -2.43. The molecule has 3 aromatic carbocycles. The molecule has 15 heteroatoms. The number of rotatable bonds is 14. The molecule has 2 aliphatic rings. The van der Waals surface area contributed by atoms with Gasteiger partial charge in [-0.1, -0.05) is 0 Å². The van der Waals surface area contributed by atoms with Crippen molar-refractivity contribution in [1.29, 1.82) is 0 Å². The molecule has 4 aromatic rings. The summed E-state index contributed by atoms with van der Waals surface area (Å²) in [7, 11) is 1.49. The Balaban J connectivity index is 1.13. The summed E-state index contributed by atoms with van der Waals surface area (Å²) >= 11 is 0. The monoisotopic (exact) mass is 705 g/mol. The minimum absolute atomic E-state index is 0.0235. The quantitative estimate of drug-likeness (QED) is 0.0971. The first-order valence-electron chi connectivity index (χ1n) is 16.3. The number of halogens is 2. The van der Waals surface area contributed by atoms with Crippen molar-refractivity contribution in [2.24, 2.45) is 11.1 Å². The summed E-state index contributed by atoms with van der Waals surface area (Å²) in [5, 5.41) is 5.79. The third-order valence-corrected chi connectivity index (χ3v) is 8.60. The van der Waals surface area contributed by atoms with E-state index in [9.17, 15) is 18.8 Å². The number of carbonyl (C=O) groups excluding carboxylic acids is 3. The topological polar surface area (TPSA) is 164 Å². The lowest BCUT2D eigenvalue weighted by atomic mass is 10.0. The van der Waals surface area contributed by atoms with Crippen LogP contribution in [0.2, 0.25) is 0 Å². The van der Waals surface area contributed by atoms with Gasteiger partial charge in [0.2, 0.25) is 18.1 Å². The van der Waals surface area contributed by atoms with Crippen LogP contribution in [0.15, 0.2) is 66.9 Å². The Morgan fingerprint density at radius 3 is 2.31 bits per heavy atom. The van der Waals surface area contributed by atoms with Crippen molar-refractivity contribution < 1.29 is 46.8 Å². The molecule has 2 heterocycles. The summed E-state index contributed by atoms with van der Waals surface area (Å²) < 4.78 is 57.0. The average molecular weight is 706 g/mol. The second-order valence-corrected chi connectivity index (χ2v) is 12.1. The lowest BCUT2D eigenvalue weighted by molar-refractivity contribution is -0.185. The van der Waals surface area contributed by atoms with E-state index in [0.29, 0.717) is 73.6 Å². The van der Waals surface area contributed by atoms with Gasteiger partial charge in [-0.05, 0) is 67.4 Å². The number of pyridine rings is 1. The Bertz CT molecular complexity index is 1900. The van der Waals surface area contributed by atoms with E-state index in [0.717, 1.165) is 6.07 Å². The average Bonchev–Trinajstić information content (AvgIpc) is 3.95. The van der Waals surface area contributed by atoms with Crippen LogP contribution in [0.1, 0.15) is 18.4 Å². The number of fused-ring (bicyclic) bond motifs is 1. The zero-order valence-electron chi connectivity index (χ0n) is 27.8. The molecule has 1 aliphatic carbocycles. The van der Waals surface area contributed by atoms with Crippen LogP contribution >= 0.6 is 0 Å². The molecule has 1 aliphatic heterocycles. The van der Waals surface area contributed by atoms with Crippen LogP contribution in [0, 0.1) is 17.0 Å². The van der Waals surface area contributed by atoms with E-state index in [2.05, 4.69) is 20.5 Å². The Hall–Kier alpha value is -5.22. The van der Waals surface area contributed by atoms with Crippen LogP contribution in [0.5, 0.6) is 17.2 Å². The Kier molecular flexibility index (Phi) is 11.0. The maximum Gasteiger partial charge on any atom is 0.322 e. The van der Waals surface area contributed by atoms with E-state index in [1.165, 1.54) is 49.7 Å². The smallest absolute Gasteiger partial charge is 0.322 e. The van der Waals surface area contributed by atoms with Crippen LogP contribution in [0.25, 0.3) is 10.9 Å². The van der Waals surface area contributed by atoms with Gasteiger partial charge in [0.15, 0.2) is 11.6 Å². The van der Waals surface area contributed by atoms with Crippen molar-refractivity contribution in [3.63, 3.8) is 0 Å². The van der Waals surface area contributed by atoms with Crippen molar-refractivity contribution >= 4 is 40.1 Å². The largest absolute Gasteiger partial charge is 0.496 e. The number of morpholine rings is 1. The summed E-state index contributed by atoms with van der Waals surface area (Å²) in [6, 6.07) is 14.2. The molecule has 1 aromatic heterocycles. The van der Waals surface area contributed by atoms with E-state index in [-0.39, 0.29) is 30.3 Å². The minimum atomic E-state index is -1.31. The molecule has 1 saturated heterocycles. The molecule has 0 radical (unpaired) electrons. The number of benzene rings is 3.